The maximum absolute atomic E-state index is 12.9. The minimum Gasteiger partial charge on any atom is -0.466 e. The van der Waals surface area contributed by atoms with E-state index in [2.05, 4.69) is 11.8 Å². The molecule has 80 valence electrons. The van der Waals surface area contributed by atoms with Crippen LogP contribution in [-0.2, 0) is 4.74 Å². The number of hydrogen-bond donors (Lipinski definition) is 1. The minimum atomic E-state index is -0.376. The lowest BCUT2D eigenvalue weighted by atomic mass is 10.2. The van der Waals surface area contributed by atoms with Crippen LogP contribution in [0.4, 0.5) is 4.39 Å². The third kappa shape index (κ3) is 3.58. The predicted octanol–water partition coefficient (Wildman–Crippen LogP) is 1.12. The molecule has 3 nitrogen and oxygen atoms in total. The molecule has 0 saturated carbocycles. The van der Waals surface area contributed by atoms with E-state index >= 15 is 0 Å². The first-order valence-corrected chi connectivity index (χ1v) is 4.38. The van der Waals surface area contributed by atoms with Crippen molar-refractivity contribution in [2.24, 2.45) is 5.73 Å². The molecule has 0 spiro atoms. The van der Waals surface area contributed by atoms with E-state index in [0.717, 1.165) is 0 Å². The molecule has 0 atom stereocenters. The minimum absolute atomic E-state index is 0.0563. The van der Waals surface area contributed by atoms with Gasteiger partial charge in [0.1, 0.15) is 11.6 Å². The summed E-state index contributed by atoms with van der Waals surface area (Å²) in [5.41, 5.74) is 5.84. The van der Waals surface area contributed by atoms with Gasteiger partial charge in [0.25, 0.3) is 0 Å². The Balaban J connectivity index is 2.92. The lowest BCUT2D eigenvalue weighted by Crippen LogP contribution is -2.01. The average molecular weight is 209 g/mol. The van der Waals surface area contributed by atoms with Crippen molar-refractivity contribution in [1.82, 2.24) is 0 Å². The van der Waals surface area contributed by atoms with Gasteiger partial charge in [0.2, 0.25) is 0 Å². The van der Waals surface area contributed by atoms with Gasteiger partial charge in [0, 0.05) is 13.2 Å². The normalized spacial score (nSPS) is 9.27. The molecule has 2 N–H and O–H groups in total. The fraction of sp³-hybridized carbons (Fsp3) is 0.273. The van der Waals surface area contributed by atoms with Crippen molar-refractivity contribution in [1.29, 1.82) is 0 Å². The van der Waals surface area contributed by atoms with Crippen LogP contribution in [0.25, 0.3) is 0 Å². The van der Waals surface area contributed by atoms with Gasteiger partial charge in [0.15, 0.2) is 6.79 Å². The molecule has 0 aliphatic carbocycles. The zero-order chi connectivity index (χ0) is 11.1. The van der Waals surface area contributed by atoms with Gasteiger partial charge in [-0.25, -0.2) is 4.39 Å². The molecule has 0 aliphatic rings. The maximum Gasteiger partial charge on any atom is 0.188 e. The lowest BCUT2D eigenvalue weighted by molar-refractivity contribution is 0.0507. The smallest absolute Gasteiger partial charge is 0.188 e. The second-order valence-electron chi connectivity index (χ2n) is 2.70. The Morgan fingerprint density at radius 3 is 2.93 bits per heavy atom. The zero-order valence-corrected chi connectivity index (χ0v) is 8.42. The van der Waals surface area contributed by atoms with Gasteiger partial charge in [-0.3, -0.25) is 0 Å². The van der Waals surface area contributed by atoms with Crippen molar-refractivity contribution in [3.05, 3.63) is 29.6 Å². The van der Waals surface area contributed by atoms with E-state index in [0.29, 0.717) is 11.3 Å². The summed E-state index contributed by atoms with van der Waals surface area (Å²) >= 11 is 0. The number of ether oxygens (including phenoxy) is 2. The second-order valence-corrected chi connectivity index (χ2v) is 2.70. The van der Waals surface area contributed by atoms with Gasteiger partial charge < -0.3 is 15.2 Å². The van der Waals surface area contributed by atoms with E-state index in [1.165, 1.54) is 19.2 Å². The highest BCUT2D eigenvalue weighted by atomic mass is 19.1. The summed E-state index contributed by atoms with van der Waals surface area (Å²) < 4.78 is 22.8. The Labute approximate surface area is 88.0 Å². The molecule has 0 amide bonds. The molecule has 1 rings (SSSR count). The van der Waals surface area contributed by atoms with Gasteiger partial charge in [-0.1, -0.05) is 11.8 Å². The number of nitrogens with two attached hydrogens (primary N) is 1. The van der Waals surface area contributed by atoms with Crippen molar-refractivity contribution >= 4 is 0 Å². The van der Waals surface area contributed by atoms with Crippen LogP contribution in [0.3, 0.4) is 0 Å². The Hall–Kier alpha value is -1.57. The monoisotopic (exact) mass is 209 g/mol. The number of rotatable bonds is 3. The van der Waals surface area contributed by atoms with Crippen LogP contribution in [0.1, 0.15) is 5.56 Å². The highest BCUT2D eigenvalue weighted by Crippen LogP contribution is 2.18. The molecular formula is C11H12FNO2. The summed E-state index contributed by atoms with van der Waals surface area (Å²) in [5.74, 6) is 5.45. The van der Waals surface area contributed by atoms with Crippen LogP contribution in [0.15, 0.2) is 18.2 Å². The third-order valence-electron chi connectivity index (χ3n) is 1.60. The van der Waals surface area contributed by atoms with Crippen molar-refractivity contribution in [2.45, 2.75) is 0 Å². The van der Waals surface area contributed by atoms with Gasteiger partial charge in [-0.2, -0.15) is 0 Å². The third-order valence-corrected chi connectivity index (χ3v) is 1.60. The van der Waals surface area contributed by atoms with Crippen LogP contribution in [0.5, 0.6) is 5.75 Å². The molecule has 1 aromatic carbocycles. The molecule has 15 heavy (non-hydrogen) atoms. The lowest BCUT2D eigenvalue weighted by Gasteiger charge is -2.06. The van der Waals surface area contributed by atoms with E-state index in [1.807, 2.05) is 0 Å². The molecule has 0 saturated heterocycles. The Bertz CT molecular complexity index is 382. The fourth-order valence-electron chi connectivity index (χ4n) is 0.988. The Morgan fingerprint density at radius 1 is 1.47 bits per heavy atom. The van der Waals surface area contributed by atoms with Gasteiger partial charge in [0.05, 0.1) is 12.1 Å². The fourth-order valence-corrected chi connectivity index (χ4v) is 0.988. The quantitative estimate of drug-likeness (QED) is 0.599. The van der Waals surface area contributed by atoms with Gasteiger partial charge in [-0.15, -0.1) is 0 Å². The van der Waals surface area contributed by atoms with Crippen molar-refractivity contribution in [3.63, 3.8) is 0 Å². The van der Waals surface area contributed by atoms with Gasteiger partial charge >= 0.3 is 0 Å². The largest absolute Gasteiger partial charge is 0.466 e. The van der Waals surface area contributed by atoms with Crippen LogP contribution < -0.4 is 10.5 Å². The molecule has 4 heteroatoms. The molecule has 0 aliphatic heterocycles. The van der Waals surface area contributed by atoms with Crippen molar-refractivity contribution < 1.29 is 13.9 Å². The van der Waals surface area contributed by atoms with Crippen LogP contribution in [0, 0.1) is 17.7 Å². The molecule has 0 bridgehead atoms. The van der Waals surface area contributed by atoms with E-state index in [9.17, 15) is 4.39 Å². The summed E-state index contributed by atoms with van der Waals surface area (Å²) in [4.78, 5) is 0. The number of halogens is 1. The molecule has 0 radical (unpaired) electrons. The summed E-state index contributed by atoms with van der Waals surface area (Å²) in [5, 5.41) is 0. The Morgan fingerprint density at radius 2 is 2.27 bits per heavy atom. The van der Waals surface area contributed by atoms with E-state index in [-0.39, 0.29) is 19.2 Å². The molecule has 0 unspecified atom stereocenters. The SMILES string of the molecule is COCOc1cc(F)ccc1C#CCN. The predicted molar refractivity (Wildman–Crippen MR) is 54.8 cm³/mol. The summed E-state index contributed by atoms with van der Waals surface area (Å²) in [6.07, 6.45) is 0. The maximum atomic E-state index is 12.9. The average Bonchev–Trinajstić information content (AvgIpc) is 2.25. The molecule has 0 aromatic heterocycles. The van der Waals surface area contributed by atoms with Crippen LogP contribution in [0.2, 0.25) is 0 Å². The van der Waals surface area contributed by atoms with Crippen LogP contribution in [-0.4, -0.2) is 20.4 Å². The molecular weight excluding hydrogens is 197 g/mol. The van der Waals surface area contributed by atoms with E-state index in [4.69, 9.17) is 15.2 Å². The summed E-state index contributed by atoms with van der Waals surface area (Å²) in [6, 6.07) is 4.13. The zero-order valence-electron chi connectivity index (χ0n) is 8.42. The number of methoxy groups -OCH3 is 1. The number of benzene rings is 1. The van der Waals surface area contributed by atoms with E-state index in [1.54, 1.807) is 6.07 Å². The van der Waals surface area contributed by atoms with Crippen molar-refractivity contribution in [2.75, 3.05) is 20.4 Å². The highest BCUT2D eigenvalue weighted by Gasteiger charge is 2.02. The topological polar surface area (TPSA) is 44.5 Å². The highest BCUT2D eigenvalue weighted by molar-refractivity contribution is 5.46. The first kappa shape index (κ1) is 11.5. The molecule has 0 fully saturated rings. The number of hydrogen-bond acceptors (Lipinski definition) is 3. The second kappa shape index (κ2) is 6.02. The first-order chi connectivity index (χ1) is 7.27. The van der Waals surface area contributed by atoms with Crippen molar-refractivity contribution in [3.8, 4) is 17.6 Å². The summed E-state index contributed by atoms with van der Waals surface area (Å²) in [7, 11) is 1.49. The Kier molecular flexibility index (Phi) is 4.61. The molecule has 1 aromatic rings. The molecule has 0 heterocycles. The van der Waals surface area contributed by atoms with Gasteiger partial charge in [-0.05, 0) is 12.1 Å². The van der Waals surface area contributed by atoms with E-state index < -0.39 is 0 Å². The first-order valence-electron chi connectivity index (χ1n) is 4.38. The summed E-state index contributed by atoms with van der Waals surface area (Å²) in [6.45, 7) is 0.307. The standard InChI is InChI=1S/C11H12FNO2/c1-14-8-15-11-7-10(12)5-4-9(11)3-2-6-13/h4-5,7H,6,8,13H2,1H3. The van der Waals surface area contributed by atoms with Crippen LogP contribution >= 0.6 is 0 Å².